The zero-order chi connectivity index (χ0) is 20.8. The third kappa shape index (κ3) is 11.6. The summed E-state index contributed by atoms with van der Waals surface area (Å²) in [5.74, 6) is -0.143. The van der Waals surface area contributed by atoms with E-state index in [4.69, 9.17) is 4.74 Å². The standard InChI is InChI=1S/C23H38N2O3/c1-5-6-7-8-9-13-18-24-21(26)20(25-22(27)28-23(2,3)4)17-16-19-14-11-10-12-15-19/h10-12,14-15,20H,5-9,13,16-18H2,1-4H3,(H,24,26)(H,25,27)/t20-/m0/s1. The van der Waals surface area contributed by atoms with E-state index in [9.17, 15) is 9.59 Å². The maximum atomic E-state index is 12.6. The molecule has 28 heavy (non-hydrogen) atoms. The molecule has 0 radical (unpaired) electrons. The van der Waals surface area contributed by atoms with Gasteiger partial charge in [0.15, 0.2) is 0 Å². The molecule has 158 valence electrons. The highest BCUT2D eigenvalue weighted by Gasteiger charge is 2.24. The predicted octanol–water partition coefficient (Wildman–Crippen LogP) is 4.99. The predicted molar refractivity (Wildman–Crippen MR) is 114 cm³/mol. The number of ether oxygens (including phenoxy) is 1. The molecule has 0 spiro atoms. The molecule has 1 rings (SSSR count). The average Bonchev–Trinajstić information content (AvgIpc) is 2.63. The summed E-state index contributed by atoms with van der Waals surface area (Å²) in [5, 5.41) is 5.71. The van der Waals surface area contributed by atoms with Crippen LogP contribution in [0.4, 0.5) is 4.79 Å². The Morgan fingerprint density at radius 3 is 2.29 bits per heavy atom. The van der Waals surface area contributed by atoms with E-state index >= 15 is 0 Å². The summed E-state index contributed by atoms with van der Waals surface area (Å²) in [6, 6.07) is 9.37. The van der Waals surface area contributed by atoms with Crippen LogP contribution >= 0.6 is 0 Å². The molecular weight excluding hydrogens is 352 g/mol. The van der Waals surface area contributed by atoms with E-state index < -0.39 is 17.7 Å². The number of hydrogen-bond donors (Lipinski definition) is 2. The number of benzene rings is 1. The minimum Gasteiger partial charge on any atom is -0.444 e. The molecule has 1 aromatic carbocycles. The molecule has 2 N–H and O–H groups in total. The first-order chi connectivity index (χ1) is 13.3. The summed E-state index contributed by atoms with van der Waals surface area (Å²) < 4.78 is 5.32. The van der Waals surface area contributed by atoms with Crippen molar-refractivity contribution < 1.29 is 14.3 Å². The molecule has 0 saturated heterocycles. The summed E-state index contributed by atoms with van der Waals surface area (Å²) in [6.07, 6.45) is 7.74. The van der Waals surface area contributed by atoms with Gasteiger partial charge >= 0.3 is 6.09 Å². The molecule has 1 atom stereocenters. The van der Waals surface area contributed by atoms with E-state index in [1.54, 1.807) is 0 Å². The van der Waals surface area contributed by atoms with Gasteiger partial charge in [-0.1, -0.05) is 69.4 Å². The van der Waals surface area contributed by atoms with Gasteiger partial charge in [0.25, 0.3) is 0 Å². The third-order valence-electron chi connectivity index (χ3n) is 4.40. The highest BCUT2D eigenvalue weighted by atomic mass is 16.6. The van der Waals surface area contributed by atoms with E-state index in [-0.39, 0.29) is 5.91 Å². The SMILES string of the molecule is CCCCCCCCNC(=O)[C@H](CCc1ccccc1)NC(=O)OC(C)(C)C. The first kappa shape index (κ1) is 24.0. The van der Waals surface area contributed by atoms with Crippen molar-refractivity contribution in [1.82, 2.24) is 10.6 Å². The van der Waals surface area contributed by atoms with Gasteiger partial charge in [-0.2, -0.15) is 0 Å². The van der Waals surface area contributed by atoms with Gasteiger partial charge in [0.05, 0.1) is 0 Å². The van der Waals surface area contributed by atoms with Crippen LogP contribution < -0.4 is 10.6 Å². The summed E-state index contributed by atoms with van der Waals surface area (Å²) in [4.78, 5) is 24.8. The zero-order valence-electron chi connectivity index (χ0n) is 18.1. The number of rotatable bonds is 12. The third-order valence-corrected chi connectivity index (χ3v) is 4.40. The Labute approximate surface area is 170 Å². The summed E-state index contributed by atoms with van der Waals surface area (Å²) >= 11 is 0. The van der Waals surface area contributed by atoms with Crippen molar-refractivity contribution in [3.8, 4) is 0 Å². The normalized spacial score (nSPS) is 12.3. The Balaban J connectivity index is 2.50. The summed E-state index contributed by atoms with van der Waals surface area (Å²) in [6.45, 7) is 8.27. The van der Waals surface area contributed by atoms with Gasteiger partial charge in [-0.3, -0.25) is 4.79 Å². The maximum absolute atomic E-state index is 12.6. The van der Waals surface area contributed by atoms with Crippen LogP contribution in [0.1, 0.15) is 78.2 Å². The molecule has 2 amide bonds. The van der Waals surface area contributed by atoms with Gasteiger partial charge in [0.1, 0.15) is 11.6 Å². The molecule has 0 aliphatic rings. The van der Waals surface area contributed by atoms with Crippen LogP contribution in [0.15, 0.2) is 30.3 Å². The van der Waals surface area contributed by atoms with E-state index in [0.29, 0.717) is 19.4 Å². The van der Waals surface area contributed by atoms with Crippen LogP contribution in [0.3, 0.4) is 0 Å². The fourth-order valence-electron chi connectivity index (χ4n) is 2.91. The highest BCUT2D eigenvalue weighted by molar-refractivity contribution is 5.85. The lowest BCUT2D eigenvalue weighted by Crippen LogP contribution is -2.48. The quantitative estimate of drug-likeness (QED) is 0.494. The first-order valence-corrected chi connectivity index (χ1v) is 10.6. The molecular formula is C23H38N2O3. The second-order valence-electron chi connectivity index (χ2n) is 8.28. The van der Waals surface area contributed by atoms with Gasteiger partial charge in [-0.25, -0.2) is 4.79 Å². The largest absolute Gasteiger partial charge is 0.444 e. The molecule has 0 aliphatic heterocycles. The van der Waals surface area contributed by atoms with Crippen molar-refractivity contribution in [1.29, 1.82) is 0 Å². The fourth-order valence-corrected chi connectivity index (χ4v) is 2.91. The number of carbonyl (C=O) groups is 2. The summed E-state index contributed by atoms with van der Waals surface area (Å²) in [5.41, 5.74) is 0.547. The van der Waals surface area contributed by atoms with Gasteiger partial charge in [-0.15, -0.1) is 0 Å². The van der Waals surface area contributed by atoms with Gasteiger partial charge in [0.2, 0.25) is 5.91 Å². The Kier molecular flexibility index (Phi) is 11.3. The molecule has 0 saturated carbocycles. The molecule has 0 unspecified atom stereocenters. The second kappa shape index (κ2) is 13.2. The molecule has 5 nitrogen and oxygen atoms in total. The van der Waals surface area contributed by atoms with Crippen LogP contribution in [0.5, 0.6) is 0 Å². The lowest BCUT2D eigenvalue weighted by atomic mass is 10.0. The van der Waals surface area contributed by atoms with Crippen LogP contribution in [-0.2, 0) is 16.0 Å². The minimum absolute atomic E-state index is 0.143. The minimum atomic E-state index is -0.602. The van der Waals surface area contributed by atoms with Gasteiger partial charge in [0, 0.05) is 6.54 Å². The maximum Gasteiger partial charge on any atom is 0.408 e. The summed E-state index contributed by atoms with van der Waals surface area (Å²) in [7, 11) is 0. The molecule has 1 aromatic rings. The Hall–Kier alpha value is -2.04. The Morgan fingerprint density at radius 2 is 1.64 bits per heavy atom. The number of unbranched alkanes of at least 4 members (excludes halogenated alkanes) is 5. The van der Waals surface area contributed by atoms with Crippen molar-refractivity contribution in [2.24, 2.45) is 0 Å². The van der Waals surface area contributed by atoms with Crippen molar-refractivity contribution in [2.75, 3.05) is 6.54 Å². The number of aryl methyl sites for hydroxylation is 1. The number of alkyl carbamates (subject to hydrolysis) is 1. The average molecular weight is 391 g/mol. The lowest BCUT2D eigenvalue weighted by molar-refractivity contribution is -0.123. The Morgan fingerprint density at radius 1 is 1.00 bits per heavy atom. The number of amides is 2. The molecule has 0 aliphatic carbocycles. The second-order valence-corrected chi connectivity index (χ2v) is 8.28. The number of nitrogens with one attached hydrogen (secondary N) is 2. The van der Waals surface area contributed by atoms with E-state index in [0.717, 1.165) is 18.4 Å². The van der Waals surface area contributed by atoms with E-state index in [2.05, 4.69) is 17.6 Å². The smallest absolute Gasteiger partial charge is 0.408 e. The van der Waals surface area contributed by atoms with E-state index in [1.807, 2.05) is 51.1 Å². The topological polar surface area (TPSA) is 67.4 Å². The van der Waals surface area contributed by atoms with Gasteiger partial charge < -0.3 is 15.4 Å². The van der Waals surface area contributed by atoms with Crippen molar-refractivity contribution >= 4 is 12.0 Å². The van der Waals surface area contributed by atoms with Crippen molar-refractivity contribution in [2.45, 2.75) is 90.7 Å². The zero-order valence-corrected chi connectivity index (χ0v) is 18.1. The molecule has 0 bridgehead atoms. The first-order valence-electron chi connectivity index (χ1n) is 10.6. The Bertz CT molecular complexity index is 567. The lowest BCUT2D eigenvalue weighted by Gasteiger charge is -2.23. The molecule has 5 heteroatoms. The van der Waals surface area contributed by atoms with E-state index in [1.165, 1.54) is 25.7 Å². The number of hydrogen-bond acceptors (Lipinski definition) is 3. The molecule has 0 aromatic heterocycles. The van der Waals surface area contributed by atoms with Crippen molar-refractivity contribution in [3.63, 3.8) is 0 Å². The highest BCUT2D eigenvalue weighted by Crippen LogP contribution is 2.10. The molecule has 0 heterocycles. The van der Waals surface area contributed by atoms with Crippen LogP contribution in [0.25, 0.3) is 0 Å². The fraction of sp³-hybridized carbons (Fsp3) is 0.652. The monoisotopic (exact) mass is 390 g/mol. The molecule has 0 fully saturated rings. The van der Waals surface area contributed by atoms with Gasteiger partial charge in [-0.05, 0) is 45.6 Å². The van der Waals surface area contributed by atoms with Crippen LogP contribution in [0.2, 0.25) is 0 Å². The number of carbonyl (C=O) groups excluding carboxylic acids is 2. The van der Waals surface area contributed by atoms with Crippen LogP contribution in [0, 0.1) is 0 Å². The van der Waals surface area contributed by atoms with Crippen molar-refractivity contribution in [3.05, 3.63) is 35.9 Å². The van der Waals surface area contributed by atoms with Crippen LogP contribution in [-0.4, -0.2) is 30.2 Å².